The van der Waals surface area contributed by atoms with Crippen LogP contribution in [0.4, 0.5) is 0 Å². The average Bonchev–Trinajstić information content (AvgIpc) is 2.25. The highest BCUT2D eigenvalue weighted by atomic mass is 16.3. The molecule has 0 aliphatic heterocycles. The van der Waals surface area contributed by atoms with E-state index in [1.165, 1.54) is 6.07 Å². The maximum absolute atomic E-state index is 11.3. The first-order valence-electron chi connectivity index (χ1n) is 5.38. The number of benzene rings is 1. The molecule has 0 aromatic heterocycles. The van der Waals surface area contributed by atoms with Crippen LogP contribution >= 0.6 is 0 Å². The number of nitrogens with two attached hydrogens (primary N) is 2. The van der Waals surface area contributed by atoms with Crippen molar-refractivity contribution in [1.82, 2.24) is 0 Å². The van der Waals surface area contributed by atoms with Crippen molar-refractivity contribution in [3.8, 4) is 5.75 Å². The number of rotatable bonds is 6. The van der Waals surface area contributed by atoms with Gasteiger partial charge in [0.1, 0.15) is 5.75 Å². The number of hydrogen-bond acceptors (Lipinski definition) is 3. The van der Waals surface area contributed by atoms with Crippen molar-refractivity contribution < 1.29 is 14.7 Å². The standard InChI is InChI=1S/C12H16N2O3/c13-11(16)7-3-5-9(12(14)17)8-4-1-2-6-10(8)15/h1-2,4,6,9,15H,3,5,7H2,(H2,13,16)(H2,14,17). The minimum absolute atomic E-state index is 0.0374. The van der Waals surface area contributed by atoms with Gasteiger partial charge in [-0.15, -0.1) is 0 Å². The Morgan fingerprint density at radius 2 is 1.88 bits per heavy atom. The van der Waals surface area contributed by atoms with E-state index in [2.05, 4.69) is 0 Å². The van der Waals surface area contributed by atoms with Crippen LogP contribution in [0.15, 0.2) is 24.3 Å². The van der Waals surface area contributed by atoms with Crippen molar-refractivity contribution in [1.29, 1.82) is 0 Å². The molecule has 5 nitrogen and oxygen atoms in total. The molecule has 0 saturated heterocycles. The molecule has 0 saturated carbocycles. The molecule has 0 spiro atoms. The second kappa shape index (κ2) is 5.89. The van der Waals surface area contributed by atoms with E-state index in [-0.39, 0.29) is 12.2 Å². The van der Waals surface area contributed by atoms with E-state index in [1.807, 2.05) is 0 Å². The van der Waals surface area contributed by atoms with Gasteiger partial charge in [0.2, 0.25) is 11.8 Å². The smallest absolute Gasteiger partial charge is 0.225 e. The summed E-state index contributed by atoms with van der Waals surface area (Å²) in [5, 5.41) is 9.64. The summed E-state index contributed by atoms with van der Waals surface area (Å²) in [5.41, 5.74) is 10.8. The summed E-state index contributed by atoms with van der Waals surface area (Å²) in [4.78, 5) is 21.9. The summed E-state index contributed by atoms with van der Waals surface area (Å²) in [6.07, 6.45) is 1.07. The number of aromatic hydroxyl groups is 1. The second-order valence-corrected chi connectivity index (χ2v) is 3.87. The first kappa shape index (κ1) is 13.0. The van der Waals surface area contributed by atoms with Gasteiger partial charge in [-0.1, -0.05) is 18.2 Å². The first-order chi connectivity index (χ1) is 8.02. The largest absolute Gasteiger partial charge is 0.508 e. The van der Waals surface area contributed by atoms with Gasteiger partial charge in [-0.05, 0) is 18.9 Å². The first-order valence-corrected chi connectivity index (χ1v) is 5.38. The Hall–Kier alpha value is -2.04. The molecule has 1 unspecified atom stereocenters. The molecule has 0 bridgehead atoms. The minimum atomic E-state index is -0.587. The molecule has 1 rings (SSSR count). The van der Waals surface area contributed by atoms with Crippen molar-refractivity contribution in [3.05, 3.63) is 29.8 Å². The quantitative estimate of drug-likeness (QED) is 0.673. The monoisotopic (exact) mass is 236 g/mol. The van der Waals surface area contributed by atoms with Crippen molar-refractivity contribution >= 4 is 11.8 Å². The molecule has 0 aliphatic carbocycles. The van der Waals surface area contributed by atoms with Crippen LogP contribution in [0, 0.1) is 0 Å². The van der Waals surface area contributed by atoms with E-state index >= 15 is 0 Å². The van der Waals surface area contributed by atoms with Gasteiger partial charge in [-0.2, -0.15) is 0 Å². The van der Waals surface area contributed by atoms with Crippen LogP contribution in [0.2, 0.25) is 0 Å². The van der Waals surface area contributed by atoms with Crippen LogP contribution in [-0.2, 0) is 9.59 Å². The normalized spacial score (nSPS) is 12.0. The Balaban J connectivity index is 2.76. The Morgan fingerprint density at radius 1 is 1.24 bits per heavy atom. The molecule has 2 amide bonds. The van der Waals surface area contributed by atoms with Gasteiger partial charge in [0.05, 0.1) is 5.92 Å². The van der Waals surface area contributed by atoms with Crippen LogP contribution in [0.5, 0.6) is 5.75 Å². The van der Waals surface area contributed by atoms with Crippen LogP contribution in [-0.4, -0.2) is 16.9 Å². The third-order valence-electron chi connectivity index (χ3n) is 2.57. The summed E-state index contributed by atoms with van der Waals surface area (Å²) in [6, 6.07) is 6.54. The maximum atomic E-state index is 11.3. The zero-order chi connectivity index (χ0) is 12.8. The Labute approximate surface area is 99.4 Å². The lowest BCUT2D eigenvalue weighted by atomic mass is 9.92. The number of amides is 2. The lowest BCUT2D eigenvalue weighted by Gasteiger charge is -2.14. The van der Waals surface area contributed by atoms with E-state index in [4.69, 9.17) is 11.5 Å². The molecule has 0 fully saturated rings. The predicted octanol–water partition coefficient (Wildman–Crippen LogP) is 0.617. The van der Waals surface area contributed by atoms with Crippen LogP contribution in [0.1, 0.15) is 30.7 Å². The fraction of sp³-hybridized carbons (Fsp3) is 0.333. The molecular formula is C12H16N2O3. The molecule has 1 atom stereocenters. The van der Waals surface area contributed by atoms with Crippen molar-refractivity contribution in [3.63, 3.8) is 0 Å². The number of phenolic OH excluding ortho intramolecular Hbond substituents is 1. The number of carbonyl (C=O) groups excluding carboxylic acids is 2. The predicted molar refractivity (Wildman–Crippen MR) is 63.1 cm³/mol. The summed E-state index contributed by atoms with van der Waals surface area (Å²) in [5.74, 6) is -1.48. The molecule has 5 N–H and O–H groups in total. The molecule has 1 aromatic rings. The Bertz CT molecular complexity index is 418. The second-order valence-electron chi connectivity index (χ2n) is 3.87. The molecule has 0 heterocycles. The van der Waals surface area contributed by atoms with Crippen LogP contribution in [0.3, 0.4) is 0 Å². The number of primary amides is 2. The topological polar surface area (TPSA) is 106 Å². The van der Waals surface area contributed by atoms with E-state index in [1.54, 1.807) is 18.2 Å². The van der Waals surface area contributed by atoms with Gasteiger partial charge in [0.15, 0.2) is 0 Å². The Morgan fingerprint density at radius 3 is 2.41 bits per heavy atom. The van der Waals surface area contributed by atoms with Gasteiger partial charge in [0, 0.05) is 12.0 Å². The van der Waals surface area contributed by atoms with Gasteiger partial charge in [0.25, 0.3) is 0 Å². The van der Waals surface area contributed by atoms with Crippen molar-refractivity contribution in [2.75, 3.05) is 0 Å². The lowest BCUT2D eigenvalue weighted by molar-refractivity contribution is -0.121. The maximum Gasteiger partial charge on any atom is 0.225 e. The zero-order valence-corrected chi connectivity index (χ0v) is 9.43. The SMILES string of the molecule is NC(=O)CCCC(C(N)=O)c1ccccc1O. The van der Waals surface area contributed by atoms with Gasteiger partial charge in [-0.3, -0.25) is 9.59 Å². The van der Waals surface area contributed by atoms with E-state index < -0.39 is 17.7 Å². The summed E-state index contributed by atoms with van der Waals surface area (Å²) in [6.45, 7) is 0. The van der Waals surface area contributed by atoms with Crippen molar-refractivity contribution in [2.24, 2.45) is 11.5 Å². The summed E-state index contributed by atoms with van der Waals surface area (Å²) < 4.78 is 0. The average molecular weight is 236 g/mol. The van der Waals surface area contributed by atoms with Gasteiger partial charge in [-0.25, -0.2) is 0 Å². The van der Waals surface area contributed by atoms with Crippen molar-refractivity contribution in [2.45, 2.75) is 25.2 Å². The highest BCUT2D eigenvalue weighted by Gasteiger charge is 2.20. The Kier molecular flexibility index (Phi) is 4.51. The molecule has 0 radical (unpaired) electrons. The van der Waals surface area contributed by atoms with E-state index in [9.17, 15) is 14.7 Å². The molecular weight excluding hydrogens is 220 g/mol. The van der Waals surface area contributed by atoms with Crippen LogP contribution in [0.25, 0.3) is 0 Å². The number of para-hydroxylation sites is 1. The molecule has 5 heteroatoms. The highest BCUT2D eigenvalue weighted by molar-refractivity contribution is 5.82. The highest BCUT2D eigenvalue weighted by Crippen LogP contribution is 2.28. The van der Waals surface area contributed by atoms with E-state index in [0.717, 1.165) is 0 Å². The van der Waals surface area contributed by atoms with E-state index in [0.29, 0.717) is 18.4 Å². The number of hydrogen-bond donors (Lipinski definition) is 3. The fourth-order valence-electron chi connectivity index (χ4n) is 1.71. The van der Waals surface area contributed by atoms with Gasteiger partial charge < -0.3 is 16.6 Å². The zero-order valence-electron chi connectivity index (χ0n) is 9.43. The fourth-order valence-corrected chi connectivity index (χ4v) is 1.71. The summed E-state index contributed by atoms with van der Waals surface area (Å²) >= 11 is 0. The van der Waals surface area contributed by atoms with Crippen LogP contribution < -0.4 is 11.5 Å². The molecule has 1 aromatic carbocycles. The molecule has 0 aliphatic rings. The number of carbonyl (C=O) groups is 2. The molecule has 92 valence electrons. The lowest BCUT2D eigenvalue weighted by Crippen LogP contribution is -2.22. The minimum Gasteiger partial charge on any atom is -0.508 e. The third kappa shape index (κ3) is 3.79. The van der Waals surface area contributed by atoms with Gasteiger partial charge >= 0.3 is 0 Å². The third-order valence-corrected chi connectivity index (χ3v) is 2.57. The summed E-state index contributed by atoms with van der Waals surface area (Å²) in [7, 11) is 0. The molecule has 17 heavy (non-hydrogen) atoms. The number of phenols is 1.